The van der Waals surface area contributed by atoms with Crippen LogP contribution in [-0.4, -0.2) is 16.9 Å². The van der Waals surface area contributed by atoms with Gasteiger partial charge in [-0.3, -0.25) is 9.59 Å². The van der Waals surface area contributed by atoms with Gasteiger partial charge in [0, 0.05) is 18.3 Å². The number of carboxylic acid groups (broad SMARTS) is 1. The Morgan fingerprint density at radius 1 is 1.06 bits per heavy atom. The second-order valence-electron chi connectivity index (χ2n) is 12.8. The maximum absolute atomic E-state index is 13.4. The highest BCUT2D eigenvalue weighted by molar-refractivity contribution is 5.86. The van der Waals surface area contributed by atoms with Crippen molar-refractivity contribution in [2.45, 2.75) is 132 Å². The molecule has 3 aliphatic carbocycles. The van der Waals surface area contributed by atoms with Gasteiger partial charge in [-0.2, -0.15) is 0 Å². The van der Waals surface area contributed by atoms with Gasteiger partial charge in [0.2, 0.25) is 0 Å². The number of carbonyl (C=O) groups excluding carboxylic acids is 1. The number of ketones is 1. The molecule has 34 heavy (non-hydrogen) atoms. The lowest BCUT2D eigenvalue weighted by Crippen LogP contribution is -2.55. The van der Waals surface area contributed by atoms with Gasteiger partial charge in [-0.15, -0.1) is 0 Å². The van der Waals surface area contributed by atoms with Crippen LogP contribution in [0.5, 0.6) is 0 Å². The fourth-order valence-electron chi connectivity index (χ4n) is 8.79. The topological polar surface area (TPSA) is 54.4 Å². The minimum atomic E-state index is -0.761. The third-order valence-corrected chi connectivity index (χ3v) is 10.5. The Morgan fingerprint density at radius 2 is 1.74 bits per heavy atom. The van der Waals surface area contributed by atoms with Crippen LogP contribution in [0.3, 0.4) is 0 Å². The molecule has 0 heterocycles. The van der Waals surface area contributed by atoms with Gasteiger partial charge in [0.05, 0.1) is 0 Å². The van der Waals surface area contributed by atoms with E-state index in [1.807, 2.05) is 13.8 Å². The van der Waals surface area contributed by atoms with E-state index in [9.17, 15) is 14.7 Å². The minimum absolute atomic E-state index is 0.126. The SMILES string of the molecule is CC.CCCC1CC(=O)[C@](C)(CCC(=O)O)C2CC[C@]3(C)C(C(C)CCCC(C)C)CCC3C12. The first-order valence-corrected chi connectivity index (χ1v) is 14.8. The fourth-order valence-corrected chi connectivity index (χ4v) is 8.79. The summed E-state index contributed by atoms with van der Waals surface area (Å²) < 4.78 is 0. The summed E-state index contributed by atoms with van der Waals surface area (Å²) >= 11 is 0. The Kier molecular flexibility index (Phi) is 10.7. The van der Waals surface area contributed by atoms with Crippen molar-refractivity contribution >= 4 is 11.8 Å². The molecule has 1 N–H and O–H groups in total. The molecular formula is C31H56O3. The minimum Gasteiger partial charge on any atom is -0.481 e. The molecule has 3 fully saturated rings. The second-order valence-corrected chi connectivity index (χ2v) is 12.8. The van der Waals surface area contributed by atoms with Crippen molar-refractivity contribution in [3.05, 3.63) is 0 Å². The molecule has 8 atom stereocenters. The molecular weight excluding hydrogens is 420 g/mol. The lowest BCUT2D eigenvalue weighted by Gasteiger charge is -2.59. The van der Waals surface area contributed by atoms with Crippen LogP contribution in [0.25, 0.3) is 0 Å². The number of carbonyl (C=O) groups is 2. The number of aliphatic carboxylic acids is 1. The Bertz CT molecular complexity index is 670. The normalized spacial score (nSPS) is 38.0. The van der Waals surface area contributed by atoms with Crippen LogP contribution >= 0.6 is 0 Å². The van der Waals surface area contributed by atoms with E-state index in [2.05, 4.69) is 41.5 Å². The van der Waals surface area contributed by atoms with Crippen molar-refractivity contribution in [2.24, 2.45) is 52.3 Å². The molecule has 6 unspecified atom stereocenters. The number of Topliss-reactive ketones (excluding diaryl/α,β-unsaturated/α-hetero) is 1. The average Bonchev–Trinajstić information content (AvgIpc) is 3.14. The average molecular weight is 477 g/mol. The summed E-state index contributed by atoms with van der Waals surface area (Å²) in [6.45, 7) is 18.2. The van der Waals surface area contributed by atoms with E-state index in [0.29, 0.717) is 47.7 Å². The van der Waals surface area contributed by atoms with E-state index in [-0.39, 0.29) is 6.42 Å². The third-order valence-electron chi connectivity index (χ3n) is 10.5. The summed E-state index contributed by atoms with van der Waals surface area (Å²) in [6.07, 6.45) is 12.7. The molecule has 3 aliphatic rings. The molecule has 0 aromatic carbocycles. The summed E-state index contributed by atoms with van der Waals surface area (Å²) in [5, 5.41) is 9.36. The van der Waals surface area contributed by atoms with Crippen molar-refractivity contribution in [1.29, 1.82) is 0 Å². The molecule has 3 saturated carbocycles. The molecule has 0 radical (unpaired) electrons. The van der Waals surface area contributed by atoms with Crippen LogP contribution in [0.15, 0.2) is 0 Å². The van der Waals surface area contributed by atoms with Crippen molar-refractivity contribution in [1.82, 2.24) is 0 Å². The first kappa shape index (κ1) is 29.4. The largest absolute Gasteiger partial charge is 0.481 e. The van der Waals surface area contributed by atoms with Gasteiger partial charge in [-0.1, -0.05) is 81.1 Å². The van der Waals surface area contributed by atoms with E-state index in [1.165, 1.54) is 38.5 Å². The maximum Gasteiger partial charge on any atom is 0.303 e. The zero-order valence-electron chi connectivity index (χ0n) is 23.8. The molecule has 0 aliphatic heterocycles. The monoisotopic (exact) mass is 476 g/mol. The van der Waals surface area contributed by atoms with Crippen LogP contribution in [-0.2, 0) is 9.59 Å². The highest BCUT2D eigenvalue weighted by atomic mass is 16.4. The molecule has 198 valence electrons. The van der Waals surface area contributed by atoms with Crippen LogP contribution in [0.1, 0.15) is 132 Å². The zero-order chi connectivity index (χ0) is 25.7. The number of carboxylic acids is 1. The quantitative estimate of drug-likeness (QED) is 0.343. The second kappa shape index (κ2) is 12.4. The van der Waals surface area contributed by atoms with E-state index in [4.69, 9.17) is 0 Å². The Balaban J connectivity index is 0.00000199. The van der Waals surface area contributed by atoms with Gasteiger partial charge < -0.3 is 5.11 Å². The summed E-state index contributed by atoms with van der Waals surface area (Å²) in [5.74, 6) is 4.21. The predicted octanol–water partition coefficient (Wildman–Crippen LogP) is 8.79. The smallest absolute Gasteiger partial charge is 0.303 e. The Hall–Kier alpha value is -0.860. The fraction of sp³-hybridized carbons (Fsp3) is 0.935. The molecule has 0 saturated heterocycles. The van der Waals surface area contributed by atoms with E-state index in [1.54, 1.807) is 0 Å². The molecule has 0 aromatic heterocycles. The highest BCUT2D eigenvalue weighted by Crippen LogP contribution is 2.67. The lowest BCUT2D eigenvalue weighted by atomic mass is 9.45. The van der Waals surface area contributed by atoms with Crippen molar-refractivity contribution in [3.8, 4) is 0 Å². The van der Waals surface area contributed by atoms with Gasteiger partial charge in [0.25, 0.3) is 0 Å². The van der Waals surface area contributed by atoms with Gasteiger partial charge >= 0.3 is 5.97 Å². The van der Waals surface area contributed by atoms with E-state index in [0.717, 1.165) is 37.0 Å². The molecule has 3 heteroatoms. The predicted molar refractivity (Wildman–Crippen MR) is 143 cm³/mol. The number of hydrogen-bond donors (Lipinski definition) is 1. The van der Waals surface area contributed by atoms with Crippen molar-refractivity contribution in [3.63, 3.8) is 0 Å². The molecule has 0 amide bonds. The Labute approximate surface area is 211 Å². The summed E-state index contributed by atoms with van der Waals surface area (Å²) in [5.41, 5.74) is -0.0336. The zero-order valence-corrected chi connectivity index (χ0v) is 23.8. The van der Waals surface area contributed by atoms with Crippen LogP contribution < -0.4 is 0 Å². The molecule has 0 spiro atoms. The first-order chi connectivity index (χ1) is 16.0. The number of rotatable bonds is 10. The van der Waals surface area contributed by atoms with Gasteiger partial charge in [0.1, 0.15) is 5.78 Å². The van der Waals surface area contributed by atoms with Gasteiger partial charge in [-0.25, -0.2) is 0 Å². The number of fused-ring (bicyclic) bond motifs is 3. The third kappa shape index (κ3) is 5.92. The molecule has 0 aromatic rings. The standard InChI is InChI=1S/C29H50O3.C2H6/c1-7-9-21-18-25(30)29(6,17-15-26(31)32)24-14-16-28(5)22(12-13-23(28)27(21)24)20(4)11-8-10-19(2)3;1-2/h19-24,27H,7-18H2,1-6H3,(H,31,32);1-2H3/t20?,21?,22?,23?,24?,27?,28-,29-;/m1./s1. The maximum atomic E-state index is 13.4. The van der Waals surface area contributed by atoms with Crippen molar-refractivity contribution in [2.75, 3.05) is 0 Å². The van der Waals surface area contributed by atoms with E-state index < -0.39 is 11.4 Å². The van der Waals surface area contributed by atoms with Gasteiger partial charge in [-0.05, 0) is 85.4 Å². The molecule has 3 rings (SSSR count). The first-order valence-electron chi connectivity index (χ1n) is 14.8. The summed E-state index contributed by atoms with van der Waals surface area (Å²) in [4.78, 5) is 24.8. The lowest BCUT2D eigenvalue weighted by molar-refractivity contribution is -0.155. The van der Waals surface area contributed by atoms with E-state index >= 15 is 0 Å². The highest BCUT2D eigenvalue weighted by Gasteiger charge is 2.62. The summed E-state index contributed by atoms with van der Waals surface area (Å²) in [6, 6.07) is 0. The molecule has 0 bridgehead atoms. The van der Waals surface area contributed by atoms with Crippen LogP contribution in [0, 0.1) is 52.3 Å². The molecule has 3 nitrogen and oxygen atoms in total. The summed E-state index contributed by atoms with van der Waals surface area (Å²) in [7, 11) is 0. The number of hydrogen-bond acceptors (Lipinski definition) is 2. The van der Waals surface area contributed by atoms with Crippen LogP contribution in [0.2, 0.25) is 0 Å². The van der Waals surface area contributed by atoms with Gasteiger partial charge in [0.15, 0.2) is 0 Å². The Morgan fingerprint density at radius 3 is 2.32 bits per heavy atom. The van der Waals surface area contributed by atoms with Crippen LogP contribution in [0.4, 0.5) is 0 Å². The van der Waals surface area contributed by atoms with Crippen molar-refractivity contribution < 1.29 is 14.7 Å².